The van der Waals surface area contributed by atoms with Crippen molar-refractivity contribution >= 4 is 11.6 Å². The molecule has 0 N–H and O–H groups in total. The summed E-state index contributed by atoms with van der Waals surface area (Å²) in [6.45, 7) is 1.82. The molecule has 1 aromatic carbocycles. The minimum Gasteiger partial charge on any atom is -0.497 e. The summed E-state index contributed by atoms with van der Waals surface area (Å²) < 4.78 is 5.04. The van der Waals surface area contributed by atoms with E-state index in [-0.39, 0.29) is 5.91 Å². The van der Waals surface area contributed by atoms with Gasteiger partial charge >= 0.3 is 0 Å². The number of methoxy groups -OCH3 is 1. The molecule has 0 bridgehead atoms. The van der Waals surface area contributed by atoms with E-state index in [4.69, 9.17) is 4.74 Å². The van der Waals surface area contributed by atoms with E-state index in [1.165, 1.54) is 6.08 Å². The van der Waals surface area contributed by atoms with Crippen molar-refractivity contribution < 1.29 is 9.53 Å². The Kier molecular flexibility index (Phi) is 3.92. The van der Waals surface area contributed by atoms with Crippen LogP contribution in [0.15, 0.2) is 36.4 Å². The number of hydrogen-bond donors (Lipinski definition) is 0. The molecule has 1 rings (SSSR count). The van der Waals surface area contributed by atoms with Crippen molar-refractivity contribution in [3.05, 3.63) is 36.4 Å². The van der Waals surface area contributed by atoms with E-state index < -0.39 is 0 Å². The highest BCUT2D eigenvalue weighted by Gasteiger charge is 2.06. The van der Waals surface area contributed by atoms with Crippen LogP contribution in [0, 0.1) is 0 Å². The molecule has 15 heavy (non-hydrogen) atoms. The fourth-order valence-electron chi connectivity index (χ4n) is 1.19. The minimum absolute atomic E-state index is 0.0392. The maximum atomic E-state index is 11.5. The van der Waals surface area contributed by atoms with Gasteiger partial charge in [-0.1, -0.05) is 6.08 Å². The van der Waals surface area contributed by atoms with Gasteiger partial charge < -0.3 is 9.64 Å². The summed E-state index contributed by atoms with van der Waals surface area (Å²) in [5, 5.41) is 0. The van der Waals surface area contributed by atoms with E-state index in [2.05, 4.69) is 0 Å². The van der Waals surface area contributed by atoms with Crippen LogP contribution in [-0.4, -0.2) is 20.1 Å². The molecule has 0 atom stereocenters. The Morgan fingerprint density at radius 2 is 1.93 bits per heavy atom. The standard InChI is InChI=1S/C12H15NO2/c1-4-5-12(14)13(2)10-6-8-11(15-3)9-7-10/h4-9H,1-3H3. The van der Waals surface area contributed by atoms with Gasteiger partial charge in [0, 0.05) is 12.7 Å². The van der Waals surface area contributed by atoms with Gasteiger partial charge in [-0.2, -0.15) is 0 Å². The number of likely N-dealkylation sites (N-methyl/N-ethyl adjacent to an activating group) is 1. The van der Waals surface area contributed by atoms with Gasteiger partial charge in [-0.15, -0.1) is 0 Å². The molecule has 1 aromatic rings. The average molecular weight is 205 g/mol. The highest BCUT2D eigenvalue weighted by Crippen LogP contribution is 2.18. The van der Waals surface area contributed by atoms with E-state index in [1.54, 1.807) is 25.1 Å². The minimum atomic E-state index is -0.0392. The number of carbonyl (C=O) groups is 1. The summed E-state index contributed by atoms with van der Waals surface area (Å²) in [4.78, 5) is 13.1. The highest BCUT2D eigenvalue weighted by molar-refractivity contribution is 6.00. The van der Waals surface area contributed by atoms with E-state index in [9.17, 15) is 4.79 Å². The molecule has 0 radical (unpaired) electrons. The smallest absolute Gasteiger partial charge is 0.250 e. The van der Waals surface area contributed by atoms with Crippen molar-refractivity contribution in [3.63, 3.8) is 0 Å². The first kappa shape index (κ1) is 11.3. The van der Waals surface area contributed by atoms with Crippen LogP contribution in [-0.2, 0) is 4.79 Å². The molecule has 0 saturated heterocycles. The Morgan fingerprint density at radius 3 is 2.40 bits per heavy atom. The highest BCUT2D eigenvalue weighted by atomic mass is 16.5. The Labute approximate surface area is 90.0 Å². The lowest BCUT2D eigenvalue weighted by Crippen LogP contribution is -2.23. The Balaban J connectivity index is 2.82. The zero-order valence-electron chi connectivity index (χ0n) is 9.23. The third-order valence-electron chi connectivity index (χ3n) is 2.10. The third-order valence-corrected chi connectivity index (χ3v) is 2.10. The molecular formula is C12H15NO2. The fraction of sp³-hybridized carbons (Fsp3) is 0.250. The van der Waals surface area contributed by atoms with Crippen LogP contribution in [0.3, 0.4) is 0 Å². The first-order valence-corrected chi connectivity index (χ1v) is 4.73. The van der Waals surface area contributed by atoms with Gasteiger partial charge in [-0.3, -0.25) is 4.79 Å². The van der Waals surface area contributed by atoms with E-state index in [1.807, 2.05) is 31.2 Å². The second kappa shape index (κ2) is 5.20. The SMILES string of the molecule is CC=CC(=O)N(C)c1ccc(OC)cc1. The lowest BCUT2D eigenvalue weighted by molar-refractivity contribution is -0.113. The van der Waals surface area contributed by atoms with Crippen LogP contribution in [0.1, 0.15) is 6.92 Å². The zero-order chi connectivity index (χ0) is 11.3. The quantitative estimate of drug-likeness (QED) is 0.708. The summed E-state index contributed by atoms with van der Waals surface area (Å²) in [6, 6.07) is 7.35. The lowest BCUT2D eigenvalue weighted by atomic mass is 10.2. The molecule has 0 unspecified atom stereocenters. The second-order valence-electron chi connectivity index (χ2n) is 3.10. The van der Waals surface area contributed by atoms with E-state index in [0.29, 0.717) is 0 Å². The maximum Gasteiger partial charge on any atom is 0.250 e. The van der Waals surface area contributed by atoms with Crippen molar-refractivity contribution in [1.29, 1.82) is 0 Å². The van der Waals surface area contributed by atoms with Crippen LogP contribution in [0.4, 0.5) is 5.69 Å². The third kappa shape index (κ3) is 2.84. The summed E-state index contributed by atoms with van der Waals surface area (Å²) in [6.07, 6.45) is 3.26. The molecular weight excluding hydrogens is 190 g/mol. The Morgan fingerprint density at radius 1 is 1.33 bits per heavy atom. The van der Waals surface area contributed by atoms with Gasteiger partial charge in [-0.05, 0) is 37.3 Å². The van der Waals surface area contributed by atoms with E-state index in [0.717, 1.165) is 11.4 Å². The Bertz CT molecular complexity index is 354. The summed E-state index contributed by atoms with van der Waals surface area (Å²) in [5.74, 6) is 0.744. The van der Waals surface area contributed by atoms with E-state index >= 15 is 0 Å². The molecule has 0 spiro atoms. The summed E-state index contributed by atoms with van der Waals surface area (Å²) >= 11 is 0. The van der Waals surface area contributed by atoms with Crippen LogP contribution in [0.5, 0.6) is 5.75 Å². The molecule has 1 amide bonds. The van der Waals surface area contributed by atoms with Crippen LogP contribution in [0.25, 0.3) is 0 Å². The number of allylic oxidation sites excluding steroid dienone is 1. The number of rotatable bonds is 3. The van der Waals surface area contributed by atoms with Crippen LogP contribution in [0.2, 0.25) is 0 Å². The maximum absolute atomic E-state index is 11.5. The molecule has 3 nitrogen and oxygen atoms in total. The van der Waals surface area contributed by atoms with Gasteiger partial charge in [0.1, 0.15) is 5.75 Å². The van der Waals surface area contributed by atoms with Gasteiger partial charge in [0.05, 0.1) is 7.11 Å². The first-order valence-electron chi connectivity index (χ1n) is 4.73. The van der Waals surface area contributed by atoms with Crippen LogP contribution < -0.4 is 9.64 Å². The fourth-order valence-corrected chi connectivity index (χ4v) is 1.19. The molecule has 0 aliphatic heterocycles. The summed E-state index contributed by atoms with van der Waals surface area (Å²) in [7, 11) is 3.35. The molecule has 0 aromatic heterocycles. The predicted molar refractivity (Wildman–Crippen MR) is 61.2 cm³/mol. The lowest BCUT2D eigenvalue weighted by Gasteiger charge is -2.15. The average Bonchev–Trinajstić information content (AvgIpc) is 2.28. The van der Waals surface area contributed by atoms with Gasteiger partial charge in [-0.25, -0.2) is 0 Å². The number of carbonyl (C=O) groups excluding carboxylic acids is 1. The summed E-state index contributed by atoms with van der Waals surface area (Å²) in [5.41, 5.74) is 0.846. The number of amides is 1. The molecule has 0 saturated carbocycles. The monoisotopic (exact) mass is 205 g/mol. The molecule has 0 fully saturated rings. The Hall–Kier alpha value is -1.77. The van der Waals surface area contributed by atoms with Crippen molar-refractivity contribution in [2.75, 3.05) is 19.1 Å². The first-order chi connectivity index (χ1) is 7.19. The van der Waals surface area contributed by atoms with Crippen molar-refractivity contribution in [2.45, 2.75) is 6.92 Å². The number of nitrogens with zero attached hydrogens (tertiary/aromatic N) is 1. The van der Waals surface area contributed by atoms with Crippen molar-refractivity contribution in [2.24, 2.45) is 0 Å². The van der Waals surface area contributed by atoms with Gasteiger partial charge in [0.2, 0.25) is 5.91 Å². The van der Waals surface area contributed by atoms with Gasteiger partial charge in [0.25, 0.3) is 0 Å². The normalized spacial score (nSPS) is 10.3. The second-order valence-corrected chi connectivity index (χ2v) is 3.10. The molecule has 0 aliphatic rings. The van der Waals surface area contributed by atoms with Crippen LogP contribution >= 0.6 is 0 Å². The van der Waals surface area contributed by atoms with Crippen molar-refractivity contribution in [1.82, 2.24) is 0 Å². The number of anilines is 1. The van der Waals surface area contributed by atoms with Gasteiger partial charge in [0.15, 0.2) is 0 Å². The number of hydrogen-bond acceptors (Lipinski definition) is 2. The molecule has 0 heterocycles. The predicted octanol–water partition coefficient (Wildman–Crippen LogP) is 2.23. The zero-order valence-corrected chi connectivity index (χ0v) is 9.23. The number of ether oxygens (including phenoxy) is 1. The topological polar surface area (TPSA) is 29.5 Å². The largest absolute Gasteiger partial charge is 0.497 e. The molecule has 80 valence electrons. The van der Waals surface area contributed by atoms with Crippen molar-refractivity contribution in [3.8, 4) is 5.75 Å². The molecule has 0 aliphatic carbocycles. The number of benzene rings is 1. The molecule has 3 heteroatoms.